The second-order valence-electron chi connectivity index (χ2n) is 7.62. The SMILES string of the molecule is CC(=O)C(C)CSc1c(C(C)C)n(-c2ccc(F)c(C)c2)c2ccc(F)cc12. The predicted molar refractivity (Wildman–Crippen MR) is 113 cm³/mol. The lowest BCUT2D eigenvalue weighted by Crippen LogP contribution is -2.09. The summed E-state index contributed by atoms with van der Waals surface area (Å²) in [5, 5.41) is 0.825. The molecule has 1 heterocycles. The van der Waals surface area contributed by atoms with E-state index in [9.17, 15) is 13.6 Å². The first-order valence-electron chi connectivity index (χ1n) is 9.44. The van der Waals surface area contributed by atoms with Crippen LogP contribution >= 0.6 is 11.8 Å². The first-order chi connectivity index (χ1) is 13.2. The third-order valence-electron chi connectivity index (χ3n) is 5.04. The van der Waals surface area contributed by atoms with Crippen molar-refractivity contribution >= 4 is 28.4 Å². The molecule has 0 N–H and O–H groups in total. The van der Waals surface area contributed by atoms with Gasteiger partial charge in [-0.2, -0.15) is 0 Å². The minimum atomic E-state index is -0.295. The van der Waals surface area contributed by atoms with Gasteiger partial charge < -0.3 is 4.57 Å². The Hall–Kier alpha value is -2.14. The Morgan fingerprint density at radius 3 is 2.43 bits per heavy atom. The third-order valence-corrected chi connectivity index (χ3v) is 6.42. The van der Waals surface area contributed by atoms with Gasteiger partial charge in [-0.05, 0) is 61.7 Å². The van der Waals surface area contributed by atoms with E-state index in [2.05, 4.69) is 18.4 Å². The first kappa shape index (κ1) is 20.6. The number of carbonyl (C=O) groups is 1. The molecule has 2 nitrogen and oxygen atoms in total. The average Bonchev–Trinajstić information content (AvgIpc) is 2.95. The Kier molecular flexibility index (Phi) is 5.94. The molecule has 3 aromatic rings. The van der Waals surface area contributed by atoms with E-state index in [-0.39, 0.29) is 29.3 Å². The van der Waals surface area contributed by atoms with Gasteiger partial charge >= 0.3 is 0 Å². The lowest BCUT2D eigenvalue weighted by Gasteiger charge is -2.16. The number of rotatable bonds is 6. The third kappa shape index (κ3) is 3.86. The van der Waals surface area contributed by atoms with Gasteiger partial charge in [0, 0.05) is 33.3 Å². The summed E-state index contributed by atoms with van der Waals surface area (Å²) in [4.78, 5) is 12.7. The molecule has 148 valence electrons. The second-order valence-corrected chi connectivity index (χ2v) is 8.65. The molecule has 0 fully saturated rings. The van der Waals surface area contributed by atoms with Crippen molar-refractivity contribution in [2.75, 3.05) is 5.75 Å². The van der Waals surface area contributed by atoms with Crippen LogP contribution in [0, 0.1) is 24.5 Å². The van der Waals surface area contributed by atoms with Crippen LogP contribution in [0.4, 0.5) is 8.78 Å². The zero-order valence-corrected chi connectivity index (χ0v) is 17.7. The van der Waals surface area contributed by atoms with Crippen molar-refractivity contribution in [2.45, 2.75) is 45.4 Å². The average molecular weight is 402 g/mol. The maximum Gasteiger partial charge on any atom is 0.133 e. The highest BCUT2D eigenvalue weighted by atomic mass is 32.2. The van der Waals surface area contributed by atoms with E-state index in [1.807, 2.05) is 13.0 Å². The van der Waals surface area contributed by atoms with E-state index in [1.54, 1.807) is 43.8 Å². The molecule has 0 aliphatic heterocycles. The monoisotopic (exact) mass is 401 g/mol. The second kappa shape index (κ2) is 8.08. The predicted octanol–water partition coefficient (Wildman–Crippen LogP) is 6.66. The van der Waals surface area contributed by atoms with Crippen LogP contribution in [0.2, 0.25) is 0 Å². The van der Waals surface area contributed by atoms with Crippen LogP contribution < -0.4 is 0 Å². The molecule has 3 rings (SSSR count). The van der Waals surface area contributed by atoms with Gasteiger partial charge in [0.15, 0.2) is 0 Å². The molecule has 0 saturated carbocycles. The maximum atomic E-state index is 14.1. The Labute approximate surface area is 168 Å². The van der Waals surface area contributed by atoms with Gasteiger partial charge in [0.25, 0.3) is 0 Å². The summed E-state index contributed by atoms with van der Waals surface area (Å²) < 4.78 is 30.0. The molecule has 0 spiro atoms. The normalized spacial score (nSPS) is 12.7. The number of hydrogen-bond acceptors (Lipinski definition) is 2. The molecule has 2 aromatic carbocycles. The van der Waals surface area contributed by atoms with Gasteiger partial charge in [-0.3, -0.25) is 4.79 Å². The molecule has 28 heavy (non-hydrogen) atoms. The summed E-state index contributed by atoms with van der Waals surface area (Å²) in [6.45, 7) is 9.43. The summed E-state index contributed by atoms with van der Waals surface area (Å²) in [6, 6.07) is 9.81. The fourth-order valence-electron chi connectivity index (χ4n) is 3.30. The van der Waals surface area contributed by atoms with E-state index in [1.165, 1.54) is 12.1 Å². The maximum absolute atomic E-state index is 14.1. The van der Waals surface area contributed by atoms with Crippen molar-refractivity contribution in [2.24, 2.45) is 5.92 Å². The van der Waals surface area contributed by atoms with E-state index in [0.29, 0.717) is 11.3 Å². The Morgan fingerprint density at radius 1 is 1.11 bits per heavy atom. The molecular weight excluding hydrogens is 376 g/mol. The van der Waals surface area contributed by atoms with Crippen molar-refractivity contribution in [1.82, 2.24) is 4.57 Å². The lowest BCUT2D eigenvalue weighted by molar-refractivity contribution is -0.119. The molecule has 0 amide bonds. The minimum Gasteiger partial charge on any atom is -0.312 e. The van der Waals surface area contributed by atoms with Gasteiger partial charge in [0.1, 0.15) is 17.4 Å². The van der Waals surface area contributed by atoms with Crippen LogP contribution in [-0.4, -0.2) is 16.1 Å². The number of carbonyl (C=O) groups excluding carboxylic acids is 1. The summed E-state index contributed by atoms with van der Waals surface area (Å²) in [6.07, 6.45) is 0. The number of hydrogen-bond donors (Lipinski definition) is 0. The molecule has 1 unspecified atom stereocenters. The molecule has 1 atom stereocenters. The topological polar surface area (TPSA) is 22.0 Å². The molecule has 0 saturated heterocycles. The summed E-state index contributed by atoms with van der Waals surface area (Å²) in [7, 11) is 0. The standard InChI is InChI=1S/C23H25F2NOS/c1-13(2)22-23(28-12-15(4)16(5)27)19-11-17(24)6-9-21(19)26(22)18-7-8-20(25)14(3)10-18/h6-11,13,15H,12H2,1-5H3. The van der Waals surface area contributed by atoms with Gasteiger partial charge in [-0.15, -0.1) is 11.8 Å². The van der Waals surface area contributed by atoms with E-state index in [0.717, 1.165) is 27.2 Å². The smallest absolute Gasteiger partial charge is 0.133 e. The number of aromatic nitrogens is 1. The molecule has 0 aliphatic rings. The Morgan fingerprint density at radius 2 is 1.82 bits per heavy atom. The van der Waals surface area contributed by atoms with Crippen molar-refractivity contribution < 1.29 is 13.6 Å². The minimum absolute atomic E-state index is 0.0787. The van der Waals surface area contributed by atoms with Crippen LogP contribution in [0.1, 0.15) is 44.9 Å². The van der Waals surface area contributed by atoms with Crippen LogP contribution in [-0.2, 0) is 4.79 Å². The van der Waals surface area contributed by atoms with E-state index >= 15 is 0 Å². The van der Waals surface area contributed by atoms with E-state index < -0.39 is 0 Å². The van der Waals surface area contributed by atoms with Gasteiger partial charge in [-0.1, -0.05) is 20.8 Å². The van der Waals surface area contributed by atoms with Crippen molar-refractivity contribution in [3.63, 3.8) is 0 Å². The summed E-state index contributed by atoms with van der Waals surface area (Å²) >= 11 is 1.59. The van der Waals surface area contributed by atoms with Crippen LogP contribution in [0.25, 0.3) is 16.6 Å². The zero-order chi connectivity index (χ0) is 20.6. The highest BCUT2D eigenvalue weighted by Crippen LogP contribution is 2.41. The highest BCUT2D eigenvalue weighted by Gasteiger charge is 2.23. The van der Waals surface area contributed by atoms with Gasteiger partial charge in [-0.25, -0.2) is 8.78 Å². The van der Waals surface area contributed by atoms with Crippen LogP contribution in [0.5, 0.6) is 0 Å². The quantitative estimate of drug-likeness (QED) is 0.431. The number of benzene rings is 2. The number of halogens is 2. The first-order valence-corrected chi connectivity index (χ1v) is 10.4. The highest BCUT2D eigenvalue weighted by molar-refractivity contribution is 7.99. The van der Waals surface area contributed by atoms with Gasteiger partial charge in [0.2, 0.25) is 0 Å². The molecule has 0 radical (unpaired) electrons. The van der Waals surface area contributed by atoms with Crippen LogP contribution in [0.3, 0.4) is 0 Å². The number of Topliss-reactive ketones (excluding diaryl/α,β-unsaturated/α-hetero) is 1. The molecule has 0 aliphatic carbocycles. The largest absolute Gasteiger partial charge is 0.312 e. The number of thioether (sulfide) groups is 1. The van der Waals surface area contributed by atoms with Crippen molar-refractivity contribution in [1.29, 1.82) is 0 Å². The number of aryl methyl sites for hydroxylation is 1. The number of ketones is 1. The Balaban J connectivity index is 2.26. The summed E-state index contributed by atoms with van der Waals surface area (Å²) in [5.74, 6) is 0.315. The summed E-state index contributed by atoms with van der Waals surface area (Å²) in [5.41, 5.74) is 3.35. The molecule has 0 bridgehead atoms. The lowest BCUT2D eigenvalue weighted by atomic mass is 10.1. The molecule has 1 aromatic heterocycles. The van der Waals surface area contributed by atoms with Crippen molar-refractivity contribution in [3.8, 4) is 5.69 Å². The van der Waals surface area contributed by atoms with Crippen LogP contribution in [0.15, 0.2) is 41.3 Å². The Bertz CT molecular complexity index is 1040. The fraction of sp³-hybridized carbons (Fsp3) is 0.348. The molecule has 5 heteroatoms. The number of nitrogens with zero attached hydrogens (tertiary/aromatic N) is 1. The number of fused-ring (bicyclic) bond motifs is 1. The van der Waals surface area contributed by atoms with E-state index in [4.69, 9.17) is 0 Å². The van der Waals surface area contributed by atoms with Crippen molar-refractivity contribution in [3.05, 3.63) is 59.3 Å². The van der Waals surface area contributed by atoms with Gasteiger partial charge in [0.05, 0.1) is 5.52 Å². The fourth-order valence-corrected chi connectivity index (χ4v) is 4.74. The molecular formula is C23H25F2NOS. The zero-order valence-electron chi connectivity index (χ0n) is 16.8.